The van der Waals surface area contributed by atoms with Crippen LogP contribution in [0.25, 0.3) is 5.69 Å². The SMILES string of the molecule is COc1ccc(N2C(=S)N[C@H](c3ccccn3)[C@@H]2c2cc(C)n(-c3ccccc3C(=O)O)c2C)cc1. The fourth-order valence-electron chi connectivity index (χ4n) is 5.00. The maximum absolute atomic E-state index is 12.0. The maximum atomic E-state index is 12.0. The Morgan fingerprint density at radius 1 is 1.06 bits per heavy atom. The van der Waals surface area contributed by atoms with Crippen molar-refractivity contribution in [1.82, 2.24) is 14.9 Å². The molecule has 3 heterocycles. The number of benzene rings is 2. The van der Waals surface area contributed by atoms with E-state index in [-0.39, 0.29) is 17.6 Å². The number of aromatic carboxylic acids is 1. The molecule has 2 N–H and O–H groups in total. The third-order valence-electron chi connectivity index (χ3n) is 6.61. The molecular weight excluding hydrogens is 472 g/mol. The predicted molar refractivity (Wildman–Crippen MR) is 143 cm³/mol. The van der Waals surface area contributed by atoms with Crippen molar-refractivity contribution in [2.45, 2.75) is 25.9 Å². The third-order valence-corrected chi connectivity index (χ3v) is 6.93. The van der Waals surface area contributed by atoms with Crippen LogP contribution < -0.4 is 15.0 Å². The number of hydrogen-bond acceptors (Lipinski definition) is 4. The number of methoxy groups -OCH3 is 1. The van der Waals surface area contributed by atoms with E-state index < -0.39 is 5.97 Å². The molecule has 1 fully saturated rings. The highest BCUT2D eigenvalue weighted by molar-refractivity contribution is 7.80. The Hall–Kier alpha value is -4.17. The first-order chi connectivity index (χ1) is 17.4. The fourth-order valence-corrected chi connectivity index (χ4v) is 5.34. The minimum atomic E-state index is -0.963. The molecule has 0 spiro atoms. The number of thiocarbonyl (C=S) groups is 1. The van der Waals surface area contributed by atoms with E-state index >= 15 is 0 Å². The molecule has 2 aromatic heterocycles. The summed E-state index contributed by atoms with van der Waals surface area (Å²) in [6.45, 7) is 4.01. The van der Waals surface area contributed by atoms with Gasteiger partial charge in [0.05, 0.1) is 36.1 Å². The molecule has 7 nitrogen and oxygen atoms in total. The normalized spacial score (nSPS) is 17.2. The molecule has 0 amide bonds. The highest BCUT2D eigenvalue weighted by Crippen LogP contribution is 2.44. The highest BCUT2D eigenvalue weighted by atomic mass is 32.1. The predicted octanol–water partition coefficient (Wildman–Crippen LogP) is 5.37. The van der Waals surface area contributed by atoms with Gasteiger partial charge in [-0.1, -0.05) is 18.2 Å². The first kappa shape index (κ1) is 23.6. The van der Waals surface area contributed by atoms with Crippen LogP contribution >= 0.6 is 12.2 Å². The van der Waals surface area contributed by atoms with Crippen molar-refractivity contribution in [3.05, 3.63) is 107 Å². The quantitative estimate of drug-likeness (QED) is 0.346. The highest BCUT2D eigenvalue weighted by Gasteiger charge is 2.42. The largest absolute Gasteiger partial charge is 0.497 e. The number of para-hydroxylation sites is 1. The van der Waals surface area contributed by atoms with E-state index in [1.165, 1.54) is 0 Å². The molecule has 2 aromatic carbocycles. The van der Waals surface area contributed by atoms with Crippen molar-refractivity contribution in [1.29, 1.82) is 0 Å². The Morgan fingerprint density at radius 2 is 1.78 bits per heavy atom. The van der Waals surface area contributed by atoms with Crippen molar-refractivity contribution in [2.24, 2.45) is 0 Å². The van der Waals surface area contributed by atoms with Gasteiger partial charge in [-0.15, -0.1) is 0 Å². The number of carbonyl (C=O) groups is 1. The fraction of sp³-hybridized carbons (Fsp3) is 0.179. The van der Waals surface area contributed by atoms with Gasteiger partial charge >= 0.3 is 5.97 Å². The molecule has 1 aliphatic heterocycles. The van der Waals surface area contributed by atoms with Crippen LogP contribution in [0.3, 0.4) is 0 Å². The maximum Gasteiger partial charge on any atom is 0.337 e. The van der Waals surface area contributed by atoms with Gasteiger partial charge in [-0.05, 0) is 86.2 Å². The lowest BCUT2D eigenvalue weighted by atomic mass is 9.96. The van der Waals surface area contributed by atoms with Gasteiger partial charge in [0.15, 0.2) is 5.11 Å². The van der Waals surface area contributed by atoms with Crippen LogP contribution in [0.5, 0.6) is 5.75 Å². The van der Waals surface area contributed by atoms with Crippen molar-refractivity contribution < 1.29 is 14.6 Å². The van der Waals surface area contributed by atoms with Gasteiger partial charge in [-0.25, -0.2) is 4.79 Å². The first-order valence-electron chi connectivity index (χ1n) is 11.6. The van der Waals surface area contributed by atoms with Crippen molar-refractivity contribution >= 4 is 29.0 Å². The summed E-state index contributed by atoms with van der Waals surface area (Å²) in [5.74, 6) is -0.201. The van der Waals surface area contributed by atoms with Gasteiger partial charge < -0.3 is 24.6 Å². The lowest BCUT2D eigenvalue weighted by Gasteiger charge is -2.28. The topological polar surface area (TPSA) is 79.6 Å². The second-order valence-electron chi connectivity index (χ2n) is 8.68. The Bertz CT molecular complexity index is 1430. The third kappa shape index (κ3) is 3.99. The van der Waals surface area contributed by atoms with Crippen molar-refractivity contribution in [3.8, 4) is 11.4 Å². The molecule has 8 heteroatoms. The molecule has 1 aliphatic rings. The van der Waals surface area contributed by atoms with Crippen LogP contribution in [0.2, 0.25) is 0 Å². The lowest BCUT2D eigenvalue weighted by Crippen LogP contribution is -2.29. The molecule has 2 atom stereocenters. The number of aromatic nitrogens is 2. The van der Waals surface area contributed by atoms with E-state index in [9.17, 15) is 9.90 Å². The zero-order chi connectivity index (χ0) is 25.4. The number of hydrogen-bond donors (Lipinski definition) is 2. The van der Waals surface area contributed by atoms with E-state index in [4.69, 9.17) is 17.0 Å². The molecular formula is C28H26N4O3S. The summed E-state index contributed by atoms with van der Waals surface area (Å²) >= 11 is 5.84. The van der Waals surface area contributed by atoms with Gasteiger partial charge in [-0.3, -0.25) is 4.98 Å². The Kier molecular flexibility index (Phi) is 6.20. The number of nitrogens with zero attached hydrogens (tertiary/aromatic N) is 3. The number of nitrogens with one attached hydrogen (secondary N) is 1. The van der Waals surface area contributed by atoms with Crippen molar-refractivity contribution in [2.75, 3.05) is 12.0 Å². The average molecular weight is 499 g/mol. The van der Waals surface area contributed by atoms with E-state index in [2.05, 4.69) is 21.3 Å². The van der Waals surface area contributed by atoms with Gasteiger partial charge in [-0.2, -0.15) is 0 Å². The Morgan fingerprint density at radius 3 is 2.44 bits per heavy atom. The molecule has 5 rings (SSSR count). The molecule has 0 aliphatic carbocycles. The molecule has 182 valence electrons. The second kappa shape index (κ2) is 9.47. The molecule has 4 aromatic rings. The van der Waals surface area contributed by atoms with Crippen molar-refractivity contribution in [3.63, 3.8) is 0 Å². The van der Waals surface area contributed by atoms with Crippen LogP contribution in [0.15, 0.2) is 79.0 Å². The summed E-state index contributed by atoms with van der Waals surface area (Å²) in [6, 6.07) is 22.4. The summed E-state index contributed by atoms with van der Waals surface area (Å²) in [6.07, 6.45) is 1.78. The van der Waals surface area contributed by atoms with Gasteiger partial charge in [0.1, 0.15) is 5.75 Å². The Balaban J connectivity index is 1.69. The smallest absolute Gasteiger partial charge is 0.337 e. The number of pyridine rings is 1. The van der Waals surface area contributed by atoms with Gasteiger partial charge in [0.2, 0.25) is 0 Å². The second-order valence-corrected chi connectivity index (χ2v) is 9.07. The molecule has 36 heavy (non-hydrogen) atoms. The summed E-state index contributed by atoms with van der Waals surface area (Å²) in [4.78, 5) is 18.7. The van der Waals surface area contributed by atoms with Crippen LogP contribution in [0.4, 0.5) is 5.69 Å². The zero-order valence-corrected chi connectivity index (χ0v) is 21.0. The number of aryl methyl sites for hydroxylation is 1. The monoisotopic (exact) mass is 498 g/mol. The minimum absolute atomic E-state index is 0.204. The number of anilines is 1. The molecule has 0 radical (unpaired) electrons. The zero-order valence-electron chi connectivity index (χ0n) is 20.2. The van der Waals surface area contributed by atoms with Crippen LogP contribution in [0, 0.1) is 13.8 Å². The molecule has 0 unspecified atom stereocenters. The summed E-state index contributed by atoms with van der Waals surface area (Å²) in [7, 11) is 1.64. The Labute approximate surface area is 215 Å². The molecule has 0 bridgehead atoms. The van der Waals surface area contributed by atoms with E-state index in [1.807, 2.05) is 73.0 Å². The van der Waals surface area contributed by atoms with Crippen LogP contribution in [-0.4, -0.2) is 32.8 Å². The summed E-state index contributed by atoms with van der Waals surface area (Å²) in [5.41, 5.74) is 5.58. The summed E-state index contributed by atoms with van der Waals surface area (Å²) < 4.78 is 7.35. The number of carboxylic acids is 1. The first-order valence-corrected chi connectivity index (χ1v) is 12.0. The van der Waals surface area contributed by atoms with Gasteiger partial charge in [0, 0.05) is 23.3 Å². The number of carboxylic acid groups (broad SMARTS) is 1. The number of ether oxygens (including phenoxy) is 1. The van der Waals surface area contributed by atoms with Gasteiger partial charge in [0.25, 0.3) is 0 Å². The molecule has 0 saturated carbocycles. The number of rotatable bonds is 6. The van der Waals surface area contributed by atoms with E-state index in [0.717, 1.165) is 34.1 Å². The average Bonchev–Trinajstić information content (AvgIpc) is 3.39. The van der Waals surface area contributed by atoms with E-state index in [1.54, 1.807) is 25.4 Å². The molecule has 1 saturated heterocycles. The lowest BCUT2D eigenvalue weighted by molar-refractivity contribution is 0.0697. The van der Waals surface area contributed by atoms with E-state index in [0.29, 0.717) is 10.8 Å². The summed E-state index contributed by atoms with van der Waals surface area (Å²) in [5, 5.41) is 13.9. The standard InChI is InChI=1S/C28H26N4O3S/c1-17-16-22(18(2)31(17)24-10-5-4-8-21(24)27(33)34)26-25(23-9-6-7-15-29-23)30-28(36)32(26)19-11-13-20(35-3)14-12-19/h4-16,25-26H,1-3H3,(H,30,36)(H,33,34)/t25-,26+/m1/s1. The minimum Gasteiger partial charge on any atom is -0.497 e. The van der Waals surface area contributed by atoms with Crippen LogP contribution in [-0.2, 0) is 0 Å². The van der Waals surface area contributed by atoms with Crippen LogP contribution in [0.1, 0.15) is 45.1 Å².